The second-order valence-electron chi connectivity index (χ2n) is 4.04. The van der Waals surface area contributed by atoms with Crippen LogP contribution in [-0.2, 0) is 0 Å². The lowest BCUT2D eigenvalue weighted by molar-refractivity contribution is 0.0938. The maximum Gasteiger partial charge on any atom is 0.256 e. The third-order valence-electron chi connectivity index (χ3n) is 2.71. The molecule has 1 heterocycles. The molecule has 4 nitrogen and oxygen atoms in total. The van der Waals surface area contributed by atoms with Crippen LogP contribution in [0.15, 0.2) is 35.0 Å². The van der Waals surface area contributed by atoms with Crippen molar-refractivity contribution in [1.29, 1.82) is 0 Å². The maximum atomic E-state index is 11.9. The van der Waals surface area contributed by atoms with E-state index in [9.17, 15) is 4.79 Å². The van der Waals surface area contributed by atoms with Gasteiger partial charge in [-0.3, -0.25) is 4.79 Å². The number of nitrogens with one attached hydrogen (secondary N) is 1. The average Bonchev–Trinajstić information content (AvgIpc) is 2.76. The van der Waals surface area contributed by atoms with Crippen molar-refractivity contribution in [2.24, 2.45) is 0 Å². The zero-order valence-electron chi connectivity index (χ0n) is 10.1. The fourth-order valence-corrected chi connectivity index (χ4v) is 1.75. The van der Waals surface area contributed by atoms with Gasteiger partial charge in [-0.25, -0.2) is 0 Å². The fraction of sp³-hybridized carbons (Fsp3) is 0.231. The summed E-state index contributed by atoms with van der Waals surface area (Å²) in [4.78, 5) is 11.9. The standard InChI is InChI=1S/C13H13ClN2O2/c1-8(10-3-5-11(14)6-4-10)16-13(17)12-7-15-18-9(12)2/h3-8H,1-2H3,(H,16,17). The molecule has 0 aliphatic carbocycles. The summed E-state index contributed by atoms with van der Waals surface area (Å²) in [6.45, 7) is 3.61. The Morgan fingerprint density at radius 2 is 2.06 bits per heavy atom. The molecule has 1 aromatic carbocycles. The molecule has 1 amide bonds. The number of carbonyl (C=O) groups excluding carboxylic acids is 1. The highest BCUT2D eigenvalue weighted by Gasteiger charge is 2.15. The Bertz CT molecular complexity index is 548. The van der Waals surface area contributed by atoms with Crippen molar-refractivity contribution in [2.45, 2.75) is 19.9 Å². The van der Waals surface area contributed by atoms with Crippen LogP contribution in [0.5, 0.6) is 0 Å². The molecule has 0 saturated heterocycles. The molecule has 0 saturated carbocycles. The molecule has 2 aromatic rings. The first-order chi connectivity index (χ1) is 8.58. The van der Waals surface area contributed by atoms with Crippen molar-refractivity contribution < 1.29 is 9.32 Å². The number of nitrogens with zero attached hydrogens (tertiary/aromatic N) is 1. The minimum absolute atomic E-state index is 0.107. The predicted octanol–water partition coefficient (Wildman–Crippen LogP) is 3.13. The molecule has 1 atom stereocenters. The summed E-state index contributed by atoms with van der Waals surface area (Å²) >= 11 is 5.82. The summed E-state index contributed by atoms with van der Waals surface area (Å²) in [5, 5.41) is 7.13. The van der Waals surface area contributed by atoms with Gasteiger partial charge in [0.05, 0.1) is 12.2 Å². The molecule has 0 aliphatic heterocycles. The molecule has 0 radical (unpaired) electrons. The van der Waals surface area contributed by atoms with Crippen molar-refractivity contribution in [3.63, 3.8) is 0 Å². The molecule has 2 rings (SSSR count). The SMILES string of the molecule is Cc1oncc1C(=O)NC(C)c1ccc(Cl)cc1. The van der Waals surface area contributed by atoms with E-state index in [-0.39, 0.29) is 11.9 Å². The summed E-state index contributed by atoms with van der Waals surface area (Å²) in [6, 6.07) is 7.25. The zero-order chi connectivity index (χ0) is 13.1. The van der Waals surface area contributed by atoms with Gasteiger partial charge in [0.25, 0.3) is 5.91 Å². The van der Waals surface area contributed by atoms with E-state index >= 15 is 0 Å². The van der Waals surface area contributed by atoms with Gasteiger partial charge in [-0.2, -0.15) is 0 Å². The van der Waals surface area contributed by atoms with E-state index in [4.69, 9.17) is 16.1 Å². The van der Waals surface area contributed by atoms with Gasteiger partial charge in [0.2, 0.25) is 0 Å². The molecule has 94 valence electrons. The van der Waals surface area contributed by atoms with Crippen LogP contribution < -0.4 is 5.32 Å². The second kappa shape index (κ2) is 5.23. The Morgan fingerprint density at radius 3 is 2.61 bits per heavy atom. The van der Waals surface area contributed by atoms with Gasteiger partial charge in [-0.1, -0.05) is 28.9 Å². The Morgan fingerprint density at radius 1 is 1.39 bits per heavy atom. The molecule has 0 spiro atoms. The highest BCUT2D eigenvalue weighted by atomic mass is 35.5. The largest absolute Gasteiger partial charge is 0.361 e. The minimum Gasteiger partial charge on any atom is -0.361 e. The third kappa shape index (κ3) is 2.71. The quantitative estimate of drug-likeness (QED) is 0.927. The summed E-state index contributed by atoms with van der Waals surface area (Å²) in [7, 11) is 0. The van der Waals surface area contributed by atoms with E-state index in [0.29, 0.717) is 16.3 Å². The molecular weight excluding hydrogens is 252 g/mol. The molecule has 5 heteroatoms. The van der Waals surface area contributed by atoms with Crippen molar-refractivity contribution in [1.82, 2.24) is 10.5 Å². The monoisotopic (exact) mass is 264 g/mol. The summed E-state index contributed by atoms with van der Waals surface area (Å²) < 4.78 is 4.86. The smallest absolute Gasteiger partial charge is 0.256 e. The van der Waals surface area contributed by atoms with Crippen molar-refractivity contribution in [2.75, 3.05) is 0 Å². The molecule has 0 bridgehead atoms. The van der Waals surface area contributed by atoms with Gasteiger partial charge in [0, 0.05) is 5.02 Å². The van der Waals surface area contributed by atoms with E-state index in [1.54, 1.807) is 19.1 Å². The zero-order valence-corrected chi connectivity index (χ0v) is 10.9. The predicted molar refractivity (Wildman–Crippen MR) is 68.6 cm³/mol. The first-order valence-corrected chi connectivity index (χ1v) is 5.93. The van der Waals surface area contributed by atoms with E-state index in [2.05, 4.69) is 10.5 Å². The van der Waals surface area contributed by atoms with E-state index in [1.165, 1.54) is 6.20 Å². The van der Waals surface area contributed by atoms with Gasteiger partial charge in [-0.15, -0.1) is 0 Å². The molecule has 0 fully saturated rings. The molecule has 18 heavy (non-hydrogen) atoms. The summed E-state index contributed by atoms with van der Waals surface area (Å²) in [5.41, 5.74) is 1.44. The lowest BCUT2D eigenvalue weighted by atomic mass is 10.1. The molecule has 1 unspecified atom stereocenters. The lowest BCUT2D eigenvalue weighted by Crippen LogP contribution is -2.26. The topological polar surface area (TPSA) is 55.1 Å². The first-order valence-electron chi connectivity index (χ1n) is 5.55. The van der Waals surface area contributed by atoms with Crippen LogP contribution in [-0.4, -0.2) is 11.1 Å². The molecule has 0 aliphatic rings. The highest BCUT2D eigenvalue weighted by Crippen LogP contribution is 2.17. The number of hydrogen-bond donors (Lipinski definition) is 1. The van der Waals surface area contributed by atoms with Crippen LogP contribution in [0.2, 0.25) is 5.02 Å². The summed E-state index contributed by atoms with van der Waals surface area (Å²) in [5.74, 6) is 0.312. The van der Waals surface area contributed by atoms with Gasteiger partial charge >= 0.3 is 0 Å². The van der Waals surface area contributed by atoms with Crippen LogP contribution in [0.25, 0.3) is 0 Å². The number of aryl methyl sites for hydroxylation is 1. The van der Waals surface area contributed by atoms with Gasteiger partial charge in [0.15, 0.2) is 0 Å². The van der Waals surface area contributed by atoms with Crippen molar-refractivity contribution in [3.05, 3.63) is 52.4 Å². The minimum atomic E-state index is -0.198. The number of amides is 1. The van der Waals surface area contributed by atoms with Gasteiger partial charge < -0.3 is 9.84 Å². The third-order valence-corrected chi connectivity index (χ3v) is 2.96. The normalized spacial score (nSPS) is 12.2. The number of rotatable bonds is 3. The second-order valence-corrected chi connectivity index (χ2v) is 4.48. The Hall–Kier alpha value is -1.81. The molecule has 1 aromatic heterocycles. The first kappa shape index (κ1) is 12.6. The van der Waals surface area contributed by atoms with Crippen molar-refractivity contribution in [3.8, 4) is 0 Å². The van der Waals surface area contributed by atoms with E-state index in [1.807, 2.05) is 19.1 Å². The Kier molecular flexibility index (Phi) is 3.67. The van der Waals surface area contributed by atoms with E-state index < -0.39 is 0 Å². The number of aromatic nitrogens is 1. The van der Waals surface area contributed by atoms with Crippen LogP contribution in [0, 0.1) is 6.92 Å². The Balaban J connectivity index is 2.08. The number of carbonyl (C=O) groups is 1. The van der Waals surface area contributed by atoms with Gasteiger partial charge in [-0.05, 0) is 31.5 Å². The lowest BCUT2D eigenvalue weighted by Gasteiger charge is -2.13. The molecular formula is C13H13ClN2O2. The van der Waals surface area contributed by atoms with Crippen LogP contribution in [0.4, 0.5) is 0 Å². The fourth-order valence-electron chi connectivity index (χ4n) is 1.63. The number of hydrogen-bond acceptors (Lipinski definition) is 3. The average molecular weight is 265 g/mol. The summed E-state index contributed by atoms with van der Waals surface area (Å²) in [6.07, 6.45) is 1.42. The molecule has 1 N–H and O–H groups in total. The van der Waals surface area contributed by atoms with Crippen LogP contribution in [0.1, 0.15) is 34.6 Å². The highest BCUT2D eigenvalue weighted by molar-refractivity contribution is 6.30. The van der Waals surface area contributed by atoms with E-state index in [0.717, 1.165) is 5.56 Å². The van der Waals surface area contributed by atoms with Crippen molar-refractivity contribution >= 4 is 17.5 Å². The Labute approximate surface area is 110 Å². The number of benzene rings is 1. The van der Waals surface area contributed by atoms with Crippen LogP contribution >= 0.6 is 11.6 Å². The van der Waals surface area contributed by atoms with Gasteiger partial charge in [0.1, 0.15) is 11.3 Å². The number of halogens is 1. The van der Waals surface area contributed by atoms with Crippen LogP contribution in [0.3, 0.4) is 0 Å². The maximum absolute atomic E-state index is 11.9.